The Morgan fingerprint density at radius 2 is 1.40 bits per heavy atom. The molecule has 30 heavy (non-hydrogen) atoms. The Kier molecular flexibility index (Phi) is 9.94. The molecule has 0 fully saturated rings. The van der Waals surface area contributed by atoms with Crippen LogP contribution in [0.2, 0.25) is 0 Å². The molecule has 2 rings (SSSR count). The topological polar surface area (TPSA) is 89.9 Å². The summed E-state index contributed by atoms with van der Waals surface area (Å²) in [6, 6.07) is 3.29. The fourth-order valence-corrected chi connectivity index (χ4v) is 4.47. The van der Waals surface area contributed by atoms with Crippen LogP contribution >= 0.6 is 11.8 Å². The third kappa shape index (κ3) is 6.62. The minimum absolute atomic E-state index is 0.188. The number of thioether (sulfide) groups is 1. The number of fused-ring (bicyclic) bond motifs is 1. The second-order valence-corrected chi connectivity index (χ2v) is 8.38. The molecule has 0 unspecified atom stereocenters. The Morgan fingerprint density at radius 1 is 0.867 bits per heavy atom. The van der Waals surface area contributed by atoms with Crippen molar-refractivity contribution in [3.8, 4) is 11.5 Å². The van der Waals surface area contributed by atoms with E-state index in [2.05, 4.69) is 0 Å². The van der Waals surface area contributed by atoms with Crippen molar-refractivity contribution in [3.63, 3.8) is 0 Å². The molecule has 1 aromatic carbocycles. The smallest absolute Gasteiger partial charge is 0.303 e. The largest absolute Gasteiger partial charge is 0.496 e. The molecule has 0 bridgehead atoms. The normalized spacial score (nSPS) is 13.1. The summed E-state index contributed by atoms with van der Waals surface area (Å²) in [7, 11) is 2.96. The third-order valence-corrected chi connectivity index (χ3v) is 6.18. The van der Waals surface area contributed by atoms with E-state index in [-0.39, 0.29) is 29.1 Å². The third-order valence-electron chi connectivity index (χ3n) is 5.07. The van der Waals surface area contributed by atoms with Crippen LogP contribution in [0.1, 0.15) is 78.5 Å². The van der Waals surface area contributed by atoms with E-state index in [0.29, 0.717) is 16.4 Å². The number of Topliss-reactive ketones (excluding diaryl/α,β-unsaturated/α-hetero) is 1. The van der Waals surface area contributed by atoms with Crippen LogP contribution in [0.25, 0.3) is 0 Å². The number of aliphatic carboxylic acids is 1. The Balaban J connectivity index is 1.75. The quantitative estimate of drug-likeness (QED) is 0.398. The predicted molar refractivity (Wildman–Crippen MR) is 118 cm³/mol. The minimum atomic E-state index is -0.721. The predicted octanol–water partition coefficient (Wildman–Crippen LogP) is 5.30. The van der Waals surface area contributed by atoms with Crippen LogP contribution in [-0.4, -0.2) is 42.6 Å². The highest BCUT2D eigenvalue weighted by Gasteiger charge is 2.32. The molecule has 0 aromatic heterocycles. The summed E-state index contributed by atoms with van der Waals surface area (Å²) in [6.07, 6.45) is 9.93. The van der Waals surface area contributed by atoms with Gasteiger partial charge in [0, 0.05) is 12.5 Å². The van der Waals surface area contributed by atoms with Crippen LogP contribution in [0.3, 0.4) is 0 Å². The number of carboxylic acid groups (broad SMARTS) is 1. The number of unbranched alkanes of at least 4 members (excludes halogenated alkanes) is 7. The molecule has 1 aliphatic rings. The highest BCUT2D eigenvalue weighted by Crippen LogP contribution is 2.38. The van der Waals surface area contributed by atoms with Gasteiger partial charge in [0.1, 0.15) is 11.5 Å². The fourth-order valence-electron chi connectivity index (χ4n) is 3.48. The first-order chi connectivity index (χ1) is 14.5. The van der Waals surface area contributed by atoms with Gasteiger partial charge in [-0.1, -0.05) is 38.5 Å². The van der Waals surface area contributed by atoms with Crippen molar-refractivity contribution in [1.82, 2.24) is 0 Å². The van der Waals surface area contributed by atoms with E-state index in [9.17, 15) is 14.4 Å². The number of carbonyl (C=O) groups is 3. The summed E-state index contributed by atoms with van der Waals surface area (Å²) in [5.74, 6) is 0.413. The monoisotopic (exact) mass is 434 g/mol. The highest BCUT2D eigenvalue weighted by molar-refractivity contribution is 8.04. The number of ketones is 2. The molecule has 0 atom stereocenters. The lowest BCUT2D eigenvalue weighted by molar-refractivity contribution is -0.137. The standard InChI is InChI=1S/C23H30O6S/c1-28-17-12-13-18(29-2)22-21(17)16(24)15-19(23(22)27)30-14-10-8-6-4-3-5-7-9-11-20(25)26/h12-13,15H,3-11,14H2,1-2H3,(H,25,26). The zero-order valence-electron chi connectivity index (χ0n) is 17.7. The number of rotatable bonds is 14. The van der Waals surface area contributed by atoms with Gasteiger partial charge >= 0.3 is 5.97 Å². The molecule has 1 aromatic rings. The van der Waals surface area contributed by atoms with Gasteiger partial charge in [-0.15, -0.1) is 11.8 Å². The molecule has 0 aliphatic heterocycles. The van der Waals surface area contributed by atoms with Crippen LogP contribution in [-0.2, 0) is 4.79 Å². The molecule has 0 heterocycles. The molecule has 6 nitrogen and oxygen atoms in total. The van der Waals surface area contributed by atoms with E-state index in [1.54, 1.807) is 12.1 Å². The first kappa shape index (κ1) is 24.0. The summed E-state index contributed by atoms with van der Waals surface area (Å²) >= 11 is 1.42. The molecule has 0 saturated heterocycles. The van der Waals surface area contributed by atoms with E-state index in [4.69, 9.17) is 14.6 Å². The summed E-state index contributed by atoms with van der Waals surface area (Å²) in [4.78, 5) is 36.4. The highest BCUT2D eigenvalue weighted by atomic mass is 32.2. The van der Waals surface area contributed by atoms with Crippen molar-refractivity contribution in [1.29, 1.82) is 0 Å². The zero-order chi connectivity index (χ0) is 21.9. The molecule has 164 valence electrons. The average molecular weight is 435 g/mol. The molecule has 0 spiro atoms. The molecule has 1 aliphatic carbocycles. The van der Waals surface area contributed by atoms with Gasteiger partial charge in [-0.3, -0.25) is 14.4 Å². The summed E-state index contributed by atoms with van der Waals surface area (Å²) < 4.78 is 10.6. The van der Waals surface area contributed by atoms with Crippen molar-refractivity contribution in [2.75, 3.05) is 20.0 Å². The van der Waals surface area contributed by atoms with Gasteiger partial charge in [-0.05, 0) is 30.7 Å². The van der Waals surface area contributed by atoms with E-state index >= 15 is 0 Å². The van der Waals surface area contributed by atoms with Crippen LogP contribution in [0.4, 0.5) is 0 Å². The zero-order valence-corrected chi connectivity index (χ0v) is 18.5. The molecule has 0 amide bonds. The number of benzene rings is 1. The van der Waals surface area contributed by atoms with Crippen molar-refractivity contribution in [2.45, 2.75) is 57.8 Å². The maximum atomic E-state index is 12.9. The number of ether oxygens (including phenoxy) is 2. The second-order valence-electron chi connectivity index (χ2n) is 7.24. The molecule has 1 N–H and O–H groups in total. The lowest BCUT2D eigenvalue weighted by atomic mass is 9.93. The fraction of sp³-hybridized carbons (Fsp3) is 0.522. The van der Waals surface area contributed by atoms with Gasteiger partial charge in [-0.2, -0.15) is 0 Å². The number of methoxy groups -OCH3 is 2. The van der Waals surface area contributed by atoms with Gasteiger partial charge in [0.15, 0.2) is 5.78 Å². The molecular formula is C23H30O6S. The first-order valence-electron chi connectivity index (χ1n) is 10.4. The Hall–Kier alpha value is -2.28. The van der Waals surface area contributed by atoms with Crippen molar-refractivity contribution in [2.24, 2.45) is 0 Å². The molecule has 0 saturated carbocycles. The van der Waals surface area contributed by atoms with Gasteiger partial charge in [0.25, 0.3) is 0 Å². The average Bonchev–Trinajstić information content (AvgIpc) is 2.73. The first-order valence-corrected chi connectivity index (χ1v) is 11.4. The SMILES string of the molecule is COc1ccc(OC)c2c1C(=O)C=C(SCCCCCCCCCCC(=O)O)C2=O. The van der Waals surface area contributed by atoms with E-state index in [0.717, 1.165) is 57.1 Å². The van der Waals surface area contributed by atoms with Crippen molar-refractivity contribution in [3.05, 3.63) is 34.2 Å². The molecule has 0 radical (unpaired) electrons. The number of hydrogen-bond acceptors (Lipinski definition) is 6. The number of hydrogen-bond donors (Lipinski definition) is 1. The van der Waals surface area contributed by atoms with E-state index in [1.807, 2.05) is 0 Å². The minimum Gasteiger partial charge on any atom is -0.496 e. The van der Waals surface area contributed by atoms with Crippen molar-refractivity contribution < 1.29 is 29.0 Å². The van der Waals surface area contributed by atoms with Crippen LogP contribution < -0.4 is 9.47 Å². The van der Waals surface area contributed by atoms with Crippen LogP contribution in [0, 0.1) is 0 Å². The summed E-state index contributed by atoms with van der Waals surface area (Å²) in [5.41, 5.74) is 0.560. The summed E-state index contributed by atoms with van der Waals surface area (Å²) in [6.45, 7) is 0. The van der Waals surface area contributed by atoms with Gasteiger partial charge in [-0.25, -0.2) is 0 Å². The van der Waals surface area contributed by atoms with Gasteiger partial charge < -0.3 is 14.6 Å². The number of carbonyl (C=O) groups excluding carboxylic acids is 2. The summed E-state index contributed by atoms with van der Waals surface area (Å²) in [5, 5.41) is 8.60. The Labute approximate surface area is 182 Å². The molecular weight excluding hydrogens is 404 g/mol. The maximum Gasteiger partial charge on any atom is 0.303 e. The van der Waals surface area contributed by atoms with Crippen molar-refractivity contribution >= 4 is 29.3 Å². The Morgan fingerprint density at radius 3 is 1.97 bits per heavy atom. The van der Waals surface area contributed by atoms with E-state index in [1.165, 1.54) is 32.1 Å². The Bertz CT molecular complexity index is 799. The van der Waals surface area contributed by atoms with Crippen LogP contribution in [0.5, 0.6) is 11.5 Å². The lowest BCUT2D eigenvalue weighted by Gasteiger charge is -2.19. The number of carboxylic acids is 1. The second kappa shape index (κ2) is 12.4. The van der Waals surface area contributed by atoms with E-state index < -0.39 is 5.97 Å². The van der Waals surface area contributed by atoms with Crippen LogP contribution in [0.15, 0.2) is 23.1 Å². The van der Waals surface area contributed by atoms with Gasteiger partial charge in [0.2, 0.25) is 5.78 Å². The van der Waals surface area contributed by atoms with Gasteiger partial charge in [0.05, 0.1) is 30.3 Å². The number of allylic oxidation sites excluding steroid dienone is 2. The lowest BCUT2D eigenvalue weighted by Crippen LogP contribution is -2.18. The maximum absolute atomic E-state index is 12.9. The molecule has 7 heteroatoms.